The maximum atomic E-state index is 6.53. The highest BCUT2D eigenvalue weighted by Gasteiger charge is 2.26. The third kappa shape index (κ3) is 5.90. The molecule has 1 aliphatic rings. The monoisotopic (exact) mass is 857 g/mol. The lowest BCUT2D eigenvalue weighted by Crippen LogP contribution is -2.33. The second-order valence-corrected chi connectivity index (χ2v) is 17.4. The summed E-state index contributed by atoms with van der Waals surface area (Å²) in [5.41, 5.74) is 13.4. The minimum Gasteiger partial charge on any atom is -0.456 e. The maximum absolute atomic E-state index is 6.53. The summed E-state index contributed by atoms with van der Waals surface area (Å²) in [5.74, 6) is 1.40. The molecular weight excluding hydrogens is 819 g/mol. The van der Waals surface area contributed by atoms with E-state index in [0.29, 0.717) is 5.84 Å². The molecule has 0 fully saturated rings. The van der Waals surface area contributed by atoms with Gasteiger partial charge >= 0.3 is 0 Å². The van der Waals surface area contributed by atoms with E-state index in [1.165, 1.54) is 32.3 Å². The summed E-state index contributed by atoms with van der Waals surface area (Å²) < 4.78 is 11.3. The van der Waals surface area contributed by atoms with Crippen LogP contribution in [0.3, 0.4) is 0 Å². The van der Waals surface area contributed by atoms with Crippen LogP contribution in [0.15, 0.2) is 239 Å². The van der Waals surface area contributed by atoms with E-state index >= 15 is 0 Å². The quantitative estimate of drug-likeness (QED) is 0.181. The van der Waals surface area contributed by atoms with Gasteiger partial charge in [-0.3, -0.25) is 0 Å². The van der Waals surface area contributed by atoms with Crippen LogP contribution < -0.4 is 5.32 Å². The third-order valence-corrected chi connectivity index (χ3v) is 13.6. The third-order valence-electron chi connectivity index (χ3n) is 13.6. The van der Waals surface area contributed by atoms with Gasteiger partial charge in [0.25, 0.3) is 0 Å². The fourth-order valence-electron chi connectivity index (χ4n) is 10.5. The highest BCUT2D eigenvalue weighted by atomic mass is 16.3. The molecule has 3 aromatic heterocycles. The highest BCUT2D eigenvalue weighted by Crippen LogP contribution is 2.42. The molecule has 6 heteroatoms. The molecule has 1 unspecified atom stereocenters. The number of nitrogens with one attached hydrogen (secondary N) is 1. The molecule has 0 radical (unpaired) electrons. The zero-order valence-corrected chi connectivity index (χ0v) is 36.1. The van der Waals surface area contributed by atoms with Crippen LogP contribution in [0.4, 0.5) is 0 Å². The first-order valence-electron chi connectivity index (χ1n) is 22.8. The summed E-state index contributed by atoms with van der Waals surface area (Å²) in [4.78, 5) is 11.0. The van der Waals surface area contributed by atoms with Crippen LogP contribution in [0.5, 0.6) is 0 Å². The topological polar surface area (TPSA) is 59.8 Å². The summed E-state index contributed by atoms with van der Waals surface area (Å²) in [6, 6.07) is 79.8. The van der Waals surface area contributed by atoms with Gasteiger partial charge in [0, 0.05) is 54.8 Å². The molecule has 4 heterocycles. The van der Waals surface area contributed by atoms with Gasteiger partial charge in [0.1, 0.15) is 23.2 Å². The van der Waals surface area contributed by atoms with Gasteiger partial charge in [0.05, 0.1) is 22.1 Å². The number of aromatic nitrogens is 2. The van der Waals surface area contributed by atoms with Gasteiger partial charge in [-0.25, -0.2) is 9.98 Å². The Bertz CT molecular complexity index is 4190. The van der Waals surface area contributed by atoms with Gasteiger partial charge in [-0.15, -0.1) is 0 Å². The summed E-state index contributed by atoms with van der Waals surface area (Å²) in [6.45, 7) is 0. The van der Waals surface area contributed by atoms with Crippen molar-refractivity contribution in [3.63, 3.8) is 0 Å². The molecule has 1 atom stereocenters. The van der Waals surface area contributed by atoms with Crippen LogP contribution in [0.1, 0.15) is 22.9 Å². The van der Waals surface area contributed by atoms with Crippen LogP contribution in [0.2, 0.25) is 0 Å². The largest absolute Gasteiger partial charge is 0.456 e. The molecule has 1 N–H and O–H groups in total. The van der Waals surface area contributed by atoms with Gasteiger partial charge in [-0.05, 0) is 100 Å². The molecule has 6 nitrogen and oxygen atoms in total. The summed E-state index contributed by atoms with van der Waals surface area (Å²) in [6.07, 6.45) is -0.400. The first kappa shape index (κ1) is 37.4. The average molecular weight is 858 g/mol. The van der Waals surface area contributed by atoms with Gasteiger partial charge < -0.3 is 18.9 Å². The number of para-hydroxylation sites is 4. The molecule has 67 heavy (non-hydrogen) atoms. The Morgan fingerprint density at radius 3 is 1.84 bits per heavy atom. The number of furan rings is 1. The lowest BCUT2D eigenvalue weighted by Gasteiger charge is -2.25. The van der Waals surface area contributed by atoms with Gasteiger partial charge in [0.15, 0.2) is 5.84 Å². The van der Waals surface area contributed by atoms with E-state index in [2.05, 4.69) is 221 Å². The van der Waals surface area contributed by atoms with Crippen molar-refractivity contribution in [2.75, 3.05) is 0 Å². The second kappa shape index (κ2) is 14.8. The van der Waals surface area contributed by atoms with E-state index in [-0.39, 0.29) is 0 Å². The van der Waals surface area contributed by atoms with Crippen molar-refractivity contribution in [1.29, 1.82) is 0 Å². The molecule has 0 saturated carbocycles. The molecule has 0 bridgehead atoms. The molecule has 14 rings (SSSR count). The van der Waals surface area contributed by atoms with E-state index < -0.39 is 6.17 Å². The molecular formula is C61H39N5O. The normalized spacial score (nSPS) is 14.1. The zero-order chi connectivity index (χ0) is 44.0. The van der Waals surface area contributed by atoms with Gasteiger partial charge in [0.2, 0.25) is 0 Å². The minimum absolute atomic E-state index is 0.400. The van der Waals surface area contributed by atoms with Crippen molar-refractivity contribution in [3.05, 3.63) is 241 Å². The number of aliphatic imine (C=N–C) groups is 2. The number of hydrogen-bond donors (Lipinski definition) is 1. The number of amidine groups is 2. The van der Waals surface area contributed by atoms with E-state index in [1.54, 1.807) is 0 Å². The van der Waals surface area contributed by atoms with Crippen LogP contribution in [0, 0.1) is 0 Å². The zero-order valence-electron chi connectivity index (χ0n) is 36.1. The van der Waals surface area contributed by atoms with E-state index in [0.717, 1.165) is 89.0 Å². The van der Waals surface area contributed by atoms with Crippen molar-refractivity contribution < 1.29 is 4.42 Å². The summed E-state index contributed by atoms with van der Waals surface area (Å²) in [7, 11) is 0. The fourth-order valence-corrected chi connectivity index (χ4v) is 10.5. The van der Waals surface area contributed by atoms with E-state index in [1.807, 2.05) is 18.2 Å². The molecule has 13 aromatic rings. The average Bonchev–Trinajstić information content (AvgIpc) is 4.05. The molecule has 0 spiro atoms. The lowest BCUT2D eigenvalue weighted by atomic mass is 9.93. The maximum Gasteiger partial charge on any atom is 0.160 e. The fraction of sp³-hybridized carbons (Fsp3) is 0.0164. The minimum atomic E-state index is -0.400. The SMILES string of the molecule is c1ccc(C2N=C(c3ccc(-n4c5ccccc5c5cc6ccccc6cc54)cc3-c3cccc4oc5ccccc5c34)N=C(c3ccc4c5ccccc5n(-c5ccccc5)c4c3)N2)cc1. The predicted molar refractivity (Wildman–Crippen MR) is 277 cm³/mol. The van der Waals surface area contributed by atoms with Crippen LogP contribution in [-0.4, -0.2) is 20.8 Å². The van der Waals surface area contributed by atoms with Crippen molar-refractivity contribution in [3.8, 4) is 22.5 Å². The molecule has 0 aliphatic carbocycles. The number of benzene rings is 10. The Morgan fingerprint density at radius 2 is 1.03 bits per heavy atom. The Kier molecular flexibility index (Phi) is 8.24. The smallest absolute Gasteiger partial charge is 0.160 e. The molecule has 1 aliphatic heterocycles. The van der Waals surface area contributed by atoms with Gasteiger partial charge in [-0.2, -0.15) is 0 Å². The van der Waals surface area contributed by atoms with Crippen LogP contribution in [-0.2, 0) is 0 Å². The van der Waals surface area contributed by atoms with E-state index in [9.17, 15) is 0 Å². The number of nitrogens with zero attached hydrogens (tertiary/aromatic N) is 4. The predicted octanol–water partition coefficient (Wildman–Crippen LogP) is 15.1. The summed E-state index contributed by atoms with van der Waals surface area (Å²) in [5, 5.41) is 13.1. The first-order valence-corrected chi connectivity index (χ1v) is 22.8. The first-order chi connectivity index (χ1) is 33.2. The van der Waals surface area contributed by atoms with Crippen molar-refractivity contribution in [1.82, 2.24) is 14.5 Å². The molecule has 0 amide bonds. The number of fused-ring (bicyclic) bond motifs is 10. The Labute approximate surface area is 385 Å². The molecule has 10 aromatic carbocycles. The van der Waals surface area contributed by atoms with Crippen LogP contribution >= 0.6 is 0 Å². The van der Waals surface area contributed by atoms with E-state index in [4.69, 9.17) is 14.4 Å². The second-order valence-electron chi connectivity index (χ2n) is 17.4. The Balaban J connectivity index is 1.03. The molecule has 314 valence electrons. The van der Waals surface area contributed by atoms with Crippen molar-refractivity contribution in [2.45, 2.75) is 6.17 Å². The molecule has 0 saturated heterocycles. The van der Waals surface area contributed by atoms with Gasteiger partial charge in [-0.1, -0.05) is 152 Å². The summed E-state index contributed by atoms with van der Waals surface area (Å²) >= 11 is 0. The standard InChI is InChI=1S/C61H39N5O/c1-3-16-38(17-4-1)59-62-60(41-30-32-46-44-22-9-12-26-52(44)65(54(46)36-41)42-20-5-2-6-21-42)64-61(63-59)48-33-31-43(37-50(48)47-25-15-29-57-58(47)49-24-11-14-28-56(49)67-57)66-53-27-13-10-23-45(53)51-34-39-18-7-8-19-40(39)35-55(51)66/h1-37,59H,(H,62,63,64). The number of rotatable bonds is 6. The Morgan fingerprint density at radius 1 is 0.403 bits per heavy atom. The number of hydrogen-bond acceptors (Lipinski definition) is 4. The highest BCUT2D eigenvalue weighted by molar-refractivity contribution is 6.20. The Hall–Kier alpha value is -9.00. The van der Waals surface area contributed by atoms with Crippen molar-refractivity contribution >= 4 is 88.0 Å². The van der Waals surface area contributed by atoms with Crippen LogP contribution in [0.25, 0.3) is 98.8 Å². The lowest BCUT2D eigenvalue weighted by molar-refractivity contribution is 0.669. The van der Waals surface area contributed by atoms with Crippen molar-refractivity contribution in [2.24, 2.45) is 9.98 Å².